The van der Waals surface area contributed by atoms with E-state index in [9.17, 15) is 28.6 Å². The molecule has 0 radical (unpaired) electrons. The van der Waals surface area contributed by atoms with Crippen LogP contribution in [0.4, 0.5) is 29.6 Å². The molecule has 1 fully saturated rings. The molecule has 1 N–H and O–H groups in total. The second-order valence-corrected chi connectivity index (χ2v) is 10.1. The topological polar surface area (TPSA) is 59.8 Å². The average Bonchev–Trinajstić information content (AvgIpc) is 3.45. The second kappa shape index (κ2) is 6.15. The summed E-state index contributed by atoms with van der Waals surface area (Å²) < 4.78 is 80.2. The fourth-order valence-corrected chi connectivity index (χ4v) is 4.10. The highest BCUT2D eigenvalue weighted by molar-refractivity contribution is 8.45. The third kappa shape index (κ3) is 4.21. The molecule has 168 valence electrons. The molecule has 4 rings (SSSR count). The van der Waals surface area contributed by atoms with Gasteiger partial charge in [0, 0.05) is 18.8 Å². The van der Waals surface area contributed by atoms with Crippen molar-refractivity contribution in [3.63, 3.8) is 0 Å². The maximum Gasteiger partial charge on any atom is 0.310 e. The number of aryl methyl sites for hydroxylation is 1. The first-order valence-corrected chi connectivity index (χ1v) is 11.2. The SMILES string of the molecule is Cc1nc(NCc2cccc(S(F)(F)(F)(F)F)c2)c2cn(C3(CF)CC3)c(=O)cc2n1. The molecule has 0 bridgehead atoms. The molecule has 31 heavy (non-hydrogen) atoms. The number of nitrogens with zero attached hydrogens (tertiary/aromatic N) is 3. The van der Waals surface area contributed by atoms with Crippen molar-refractivity contribution >= 4 is 26.9 Å². The number of nitrogens with one attached hydrogen (secondary N) is 1. The van der Waals surface area contributed by atoms with Crippen molar-refractivity contribution in [3.05, 3.63) is 58.3 Å². The van der Waals surface area contributed by atoms with Crippen LogP contribution in [0.2, 0.25) is 0 Å². The fraction of sp³-hybridized carbons (Fsp3) is 0.316. The van der Waals surface area contributed by atoms with Crippen molar-refractivity contribution in [3.8, 4) is 0 Å². The third-order valence-corrected chi connectivity index (χ3v) is 6.38. The molecular formula is C19H18F6N4OS. The molecule has 1 aliphatic rings. The van der Waals surface area contributed by atoms with E-state index in [-0.39, 0.29) is 23.4 Å². The van der Waals surface area contributed by atoms with Crippen LogP contribution in [-0.2, 0) is 12.1 Å². The quantitative estimate of drug-likeness (QED) is 0.467. The van der Waals surface area contributed by atoms with Gasteiger partial charge in [0.1, 0.15) is 23.2 Å². The lowest BCUT2D eigenvalue weighted by Gasteiger charge is -2.40. The zero-order valence-electron chi connectivity index (χ0n) is 16.2. The number of pyridine rings is 1. The molecule has 0 atom stereocenters. The van der Waals surface area contributed by atoms with Crippen LogP contribution in [0.25, 0.3) is 10.9 Å². The predicted octanol–water partition coefficient (Wildman–Crippen LogP) is 5.83. The number of benzene rings is 1. The first kappa shape index (κ1) is 21.5. The van der Waals surface area contributed by atoms with E-state index < -0.39 is 32.9 Å². The minimum absolute atomic E-state index is 0.0362. The predicted molar refractivity (Wildman–Crippen MR) is 107 cm³/mol. The highest BCUT2D eigenvalue weighted by atomic mass is 32.5. The lowest BCUT2D eigenvalue weighted by molar-refractivity contribution is 0.331. The molecule has 0 aliphatic heterocycles. The monoisotopic (exact) mass is 464 g/mol. The number of hydrogen-bond acceptors (Lipinski definition) is 4. The molecule has 0 saturated heterocycles. The van der Waals surface area contributed by atoms with Gasteiger partial charge in [-0.3, -0.25) is 4.79 Å². The maximum atomic E-state index is 13.5. The van der Waals surface area contributed by atoms with Crippen LogP contribution in [0.3, 0.4) is 0 Å². The van der Waals surface area contributed by atoms with Crippen LogP contribution in [0.5, 0.6) is 0 Å². The third-order valence-electron chi connectivity index (χ3n) is 5.23. The van der Waals surface area contributed by atoms with Gasteiger partial charge in [-0.05, 0) is 37.5 Å². The van der Waals surface area contributed by atoms with Gasteiger partial charge in [-0.2, -0.15) is 0 Å². The minimum atomic E-state index is -9.80. The smallest absolute Gasteiger partial charge is 0.310 e. The number of fused-ring (bicyclic) bond motifs is 1. The number of alkyl halides is 1. The van der Waals surface area contributed by atoms with E-state index in [0.717, 1.165) is 6.07 Å². The summed E-state index contributed by atoms with van der Waals surface area (Å²) in [7, 11) is -9.80. The van der Waals surface area contributed by atoms with Crippen molar-refractivity contribution in [1.29, 1.82) is 0 Å². The molecular weight excluding hydrogens is 446 g/mol. The average molecular weight is 464 g/mol. The molecule has 2 aromatic heterocycles. The first-order valence-electron chi connectivity index (χ1n) is 9.25. The van der Waals surface area contributed by atoms with Crippen LogP contribution in [0, 0.1) is 6.92 Å². The molecule has 5 nitrogen and oxygen atoms in total. The van der Waals surface area contributed by atoms with Crippen molar-refractivity contribution < 1.29 is 23.8 Å². The van der Waals surface area contributed by atoms with Crippen LogP contribution >= 0.6 is 10.2 Å². The number of rotatable bonds is 6. The maximum absolute atomic E-state index is 13.5. The molecule has 12 heteroatoms. The van der Waals surface area contributed by atoms with Crippen molar-refractivity contribution in [1.82, 2.24) is 14.5 Å². The van der Waals surface area contributed by atoms with E-state index in [2.05, 4.69) is 15.3 Å². The van der Waals surface area contributed by atoms with E-state index in [4.69, 9.17) is 0 Å². The van der Waals surface area contributed by atoms with E-state index >= 15 is 0 Å². The number of hydrogen-bond donors (Lipinski definition) is 1. The Labute approximate surface area is 172 Å². The fourth-order valence-electron chi connectivity index (χ4n) is 3.39. The Bertz CT molecular complexity index is 1260. The van der Waals surface area contributed by atoms with E-state index in [1.807, 2.05) is 0 Å². The Kier molecular flexibility index (Phi) is 4.26. The van der Waals surface area contributed by atoms with Gasteiger partial charge in [-0.25, -0.2) is 14.4 Å². The van der Waals surface area contributed by atoms with Gasteiger partial charge < -0.3 is 9.88 Å². The van der Waals surface area contributed by atoms with Crippen LogP contribution in [-0.4, -0.2) is 21.2 Å². The summed E-state index contributed by atoms with van der Waals surface area (Å²) in [5, 5.41) is 3.19. The van der Waals surface area contributed by atoms with Gasteiger partial charge >= 0.3 is 10.2 Å². The van der Waals surface area contributed by atoms with Crippen LogP contribution < -0.4 is 10.9 Å². The van der Waals surface area contributed by atoms with Gasteiger partial charge in [-0.15, -0.1) is 0 Å². The Balaban J connectivity index is 1.71. The van der Waals surface area contributed by atoms with Crippen molar-refractivity contribution in [2.75, 3.05) is 12.0 Å². The van der Waals surface area contributed by atoms with E-state index in [1.54, 1.807) is 6.92 Å². The summed E-state index contributed by atoms with van der Waals surface area (Å²) in [5.41, 5.74) is -1.07. The van der Waals surface area contributed by atoms with Gasteiger partial charge in [0.05, 0.1) is 16.4 Å². The highest BCUT2D eigenvalue weighted by Crippen LogP contribution is 3.02. The van der Waals surface area contributed by atoms with E-state index in [0.29, 0.717) is 36.2 Å². The normalized spacial score (nSPS) is 17.8. The molecule has 1 aliphatic carbocycles. The molecule has 0 amide bonds. The lowest BCUT2D eigenvalue weighted by atomic mass is 10.2. The van der Waals surface area contributed by atoms with E-state index in [1.165, 1.54) is 22.9 Å². The summed E-state index contributed by atoms with van der Waals surface area (Å²) >= 11 is 0. The van der Waals surface area contributed by atoms with Gasteiger partial charge in [0.25, 0.3) is 5.56 Å². The Hall–Kier alpha value is -2.76. The Morgan fingerprint density at radius 1 is 1.13 bits per heavy atom. The number of anilines is 1. The molecule has 1 saturated carbocycles. The summed E-state index contributed by atoms with van der Waals surface area (Å²) in [5.74, 6) is 0.489. The highest BCUT2D eigenvalue weighted by Gasteiger charge is 2.65. The van der Waals surface area contributed by atoms with Gasteiger partial charge in [0.15, 0.2) is 0 Å². The lowest BCUT2D eigenvalue weighted by Crippen LogP contribution is -2.31. The Morgan fingerprint density at radius 3 is 2.45 bits per heavy atom. The number of aromatic nitrogens is 3. The molecule has 0 spiro atoms. The van der Waals surface area contributed by atoms with Crippen molar-refractivity contribution in [2.24, 2.45) is 0 Å². The summed E-state index contributed by atoms with van der Waals surface area (Å²) in [6.45, 7) is 0.616. The summed E-state index contributed by atoms with van der Waals surface area (Å²) in [4.78, 5) is 18.8. The second-order valence-electron chi connectivity index (χ2n) is 7.73. The van der Waals surface area contributed by atoms with Gasteiger partial charge in [0.2, 0.25) is 0 Å². The molecule has 3 aromatic rings. The zero-order chi connectivity index (χ0) is 22.7. The van der Waals surface area contributed by atoms with Crippen molar-refractivity contribution in [2.45, 2.75) is 36.7 Å². The zero-order valence-corrected chi connectivity index (χ0v) is 17.0. The van der Waals surface area contributed by atoms with Crippen LogP contribution in [0.1, 0.15) is 24.2 Å². The van der Waals surface area contributed by atoms with Crippen LogP contribution in [0.15, 0.2) is 46.2 Å². The summed E-state index contributed by atoms with van der Waals surface area (Å²) in [6.07, 6.45) is 2.44. The Morgan fingerprint density at radius 2 is 1.84 bits per heavy atom. The van der Waals surface area contributed by atoms with Gasteiger partial charge in [-0.1, -0.05) is 31.6 Å². The molecule has 0 unspecified atom stereocenters. The summed E-state index contributed by atoms with van der Waals surface area (Å²) in [6, 6.07) is 4.15. The standard InChI is InChI=1S/C19H18F6N4OS/c1-12-27-16-8-17(30)29(19(11-20)5-6-19)10-15(16)18(28-12)26-9-13-3-2-4-14(7-13)31(21,22,23,24)25/h2-4,7-8,10H,5-6,9,11H2,1H3,(H,26,27,28). The molecule has 2 heterocycles. The first-order chi connectivity index (χ1) is 14.2. The molecule has 1 aromatic carbocycles. The number of halogens is 6. The largest absolute Gasteiger partial charge is 0.365 e. The minimum Gasteiger partial charge on any atom is -0.365 e.